The first-order valence-electron chi connectivity index (χ1n) is 16.0. The molecule has 0 aliphatic carbocycles. The number of nitrogen functional groups attached to an aromatic ring is 1. The first-order chi connectivity index (χ1) is 25.8. The lowest BCUT2D eigenvalue weighted by Crippen LogP contribution is -2.12. The number of rotatable bonds is 7. The summed E-state index contributed by atoms with van der Waals surface area (Å²) >= 11 is 14.9. The van der Waals surface area contributed by atoms with Crippen LogP contribution in [0.4, 0.5) is 22.7 Å². The number of nitro benzene ring substituents is 2. The molecule has 6 rings (SSSR count). The third-order valence-electron chi connectivity index (χ3n) is 7.63. The van der Waals surface area contributed by atoms with E-state index in [1.165, 1.54) is 24.3 Å². The minimum absolute atomic E-state index is 0.0353. The zero-order valence-electron chi connectivity index (χ0n) is 29.1. The molecule has 0 bridgehead atoms. The summed E-state index contributed by atoms with van der Waals surface area (Å²) in [6.07, 6.45) is 0. The number of nitrogens with two attached hydrogens (primary N) is 1. The fourth-order valence-corrected chi connectivity index (χ4v) is 4.79. The monoisotopic (exact) mass is 784 g/mol. The maximum absolute atomic E-state index is 12.4. The number of nitro groups is 2. The molecule has 6 aromatic rings. The lowest BCUT2D eigenvalue weighted by Gasteiger charge is -2.09. The molecule has 276 valence electrons. The zero-order valence-corrected chi connectivity index (χ0v) is 31.4. The average Bonchev–Trinajstić information content (AvgIpc) is 3.18. The molecular weight excluding hydrogens is 751 g/mol. The molecule has 0 spiro atoms. The van der Waals surface area contributed by atoms with Crippen molar-refractivity contribution in [3.63, 3.8) is 0 Å². The summed E-state index contributed by atoms with van der Waals surface area (Å²) in [6.45, 7) is 3.59. The minimum Gasteiger partial charge on any atom is -0.398 e. The molecule has 0 fully saturated rings. The fourth-order valence-electron chi connectivity index (χ4n) is 4.66. The number of anilines is 2. The van der Waals surface area contributed by atoms with Crippen LogP contribution in [0.1, 0.15) is 31.8 Å². The van der Waals surface area contributed by atoms with E-state index in [-0.39, 0.29) is 22.6 Å². The highest BCUT2D eigenvalue weighted by Gasteiger charge is 2.13. The van der Waals surface area contributed by atoms with Crippen LogP contribution in [0.25, 0.3) is 22.3 Å². The number of non-ortho nitro benzene ring substituents is 2. The molecule has 6 aromatic carbocycles. The van der Waals surface area contributed by atoms with E-state index < -0.39 is 15.1 Å². The number of nitrogens with zero attached hydrogens (tertiary/aromatic N) is 2. The fraction of sp³-hybridized carbons (Fsp3) is 0.0732. The van der Waals surface area contributed by atoms with Gasteiger partial charge in [-0.3, -0.25) is 29.8 Å². The topological polar surface area (TPSA) is 158 Å². The van der Waals surface area contributed by atoms with Crippen molar-refractivity contribution in [3.05, 3.63) is 188 Å². The van der Waals surface area contributed by atoms with Crippen LogP contribution in [0.3, 0.4) is 0 Å². The van der Waals surface area contributed by atoms with E-state index in [0.29, 0.717) is 22.5 Å². The van der Waals surface area contributed by atoms with Crippen molar-refractivity contribution in [3.8, 4) is 22.3 Å². The Labute approximate surface area is 327 Å². The van der Waals surface area contributed by atoms with Gasteiger partial charge in [-0.25, -0.2) is 0 Å². The van der Waals surface area contributed by atoms with Gasteiger partial charge in [0.05, 0.1) is 20.9 Å². The predicted octanol–water partition coefficient (Wildman–Crippen LogP) is 11.5. The van der Waals surface area contributed by atoms with Crippen LogP contribution in [0.2, 0.25) is 0 Å². The van der Waals surface area contributed by atoms with Gasteiger partial charge in [-0.05, 0) is 83.1 Å². The van der Waals surface area contributed by atoms with Crippen molar-refractivity contribution in [1.29, 1.82) is 0 Å². The first-order valence-corrected chi connectivity index (χ1v) is 17.5. The largest absolute Gasteiger partial charge is 0.398 e. The zero-order chi connectivity index (χ0) is 39.6. The van der Waals surface area contributed by atoms with Crippen molar-refractivity contribution in [1.82, 2.24) is 0 Å². The number of benzene rings is 6. The predicted molar refractivity (Wildman–Crippen MR) is 219 cm³/mol. The normalized spacial score (nSPS) is 9.80. The summed E-state index contributed by atoms with van der Waals surface area (Å²) in [6, 6.07) is 43.2. The number of hydrogen-bond donors (Lipinski definition) is 2. The Morgan fingerprint density at radius 1 is 0.593 bits per heavy atom. The molecule has 0 aromatic heterocycles. The molecule has 0 saturated heterocycles. The molecule has 0 aliphatic rings. The molecule has 0 atom stereocenters. The van der Waals surface area contributed by atoms with Crippen LogP contribution in [0.15, 0.2) is 146 Å². The molecule has 0 saturated carbocycles. The Hall–Kier alpha value is -6.07. The quantitative estimate of drug-likeness (QED) is 0.0536. The molecular formula is C41H35Cl3N4O6. The van der Waals surface area contributed by atoms with Crippen LogP contribution in [0, 0.1) is 34.1 Å². The third-order valence-corrected chi connectivity index (χ3v) is 7.85. The van der Waals surface area contributed by atoms with Crippen molar-refractivity contribution in [2.24, 2.45) is 0 Å². The molecule has 10 nitrogen and oxygen atoms in total. The number of aryl methyl sites for hydroxylation is 2. The number of halogens is 3. The second-order valence-corrected chi connectivity index (χ2v) is 12.4. The van der Waals surface area contributed by atoms with Gasteiger partial charge in [0.25, 0.3) is 22.5 Å². The Bertz CT molecular complexity index is 2170. The van der Waals surface area contributed by atoms with Crippen LogP contribution in [-0.2, 0) is 0 Å². The summed E-state index contributed by atoms with van der Waals surface area (Å²) in [7, 11) is 0. The molecule has 54 heavy (non-hydrogen) atoms. The number of alkyl halides is 2. The average molecular weight is 786 g/mol. The highest BCUT2D eigenvalue weighted by atomic mass is 35.5. The van der Waals surface area contributed by atoms with Gasteiger partial charge in [-0.1, -0.05) is 97.1 Å². The van der Waals surface area contributed by atoms with Gasteiger partial charge in [-0.15, -0.1) is 23.2 Å². The number of amides is 1. The molecule has 0 radical (unpaired) electrons. The van der Waals surface area contributed by atoms with Crippen LogP contribution < -0.4 is 11.1 Å². The van der Waals surface area contributed by atoms with Gasteiger partial charge in [0.15, 0.2) is 0 Å². The second kappa shape index (κ2) is 21.5. The van der Waals surface area contributed by atoms with Crippen LogP contribution in [-0.4, -0.2) is 26.3 Å². The molecule has 0 aliphatic heterocycles. The smallest absolute Gasteiger partial charge is 0.271 e. The second-order valence-electron chi connectivity index (χ2n) is 11.3. The Morgan fingerprint density at radius 3 is 1.39 bits per heavy atom. The van der Waals surface area contributed by atoms with Gasteiger partial charge < -0.3 is 11.1 Å². The number of carbonyl (C=O) groups is 2. The highest BCUT2D eigenvalue weighted by molar-refractivity contribution is 6.67. The summed E-state index contributed by atoms with van der Waals surface area (Å²) < 4.78 is 0. The standard InChI is InChI=1S/C20H16N2O3.C13H9ClO.C7H8N2O2.CH2Cl2/c1-14-7-12-18(22(24)25)13-19(14)21-20(23)17-10-8-16(9-11-17)15-5-3-2-4-6-15;14-13(15)12-8-6-11(7-9-12)10-4-2-1-3-5-10;1-5-2-3-6(9(10)11)4-7(5)8;2-1-3/h2-13H,1H3,(H,21,23);1-9H;2-4H,8H2,1H3;1H2. The van der Waals surface area contributed by atoms with E-state index in [2.05, 4.69) is 5.32 Å². The molecule has 0 unspecified atom stereocenters. The summed E-state index contributed by atoms with van der Waals surface area (Å²) in [5, 5.41) is 23.6. The van der Waals surface area contributed by atoms with Gasteiger partial charge >= 0.3 is 0 Å². The maximum Gasteiger partial charge on any atom is 0.271 e. The molecule has 3 N–H and O–H groups in total. The van der Waals surface area contributed by atoms with Gasteiger partial charge in [0.2, 0.25) is 0 Å². The lowest BCUT2D eigenvalue weighted by molar-refractivity contribution is -0.385. The Balaban J connectivity index is 0.000000229. The van der Waals surface area contributed by atoms with E-state index in [1.807, 2.05) is 84.9 Å². The molecule has 0 heterocycles. The van der Waals surface area contributed by atoms with Gasteiger partial charge in [0.1, 0.15) is 0 Å². The number of nitrogens with one attached hydrogen (secondary N) is 1. The van der Waals surface area contributed by atoms with E-state index in [1.54, 1.807) is 50.2 Å². The van der Waals surface area contributed by atoms with E-state index in [4.69, 9.17) is 40.5 Å². The first kappa shape index (κ1) is 42.3. The third kappa shape index (κ3) is 13.2. The number of hydrogen-bond acceptors (Lipinski definition) is 7. The van der Waals surface area contributed by atoms with Crippen molar-refractivity contribution in [2.45, 2.75) is 13.8 Å². The summed E-state index contributed by atoms with van der Waals surface area (Å²) in [5.41, 5.74) is 13.3. The molecule has 13 heteroatoms. The van der Waals surface area contributed by atoms with Crippen molar-refractivity contribution in [2.75, 3.05) is 16.4 Å². The van der Waals surface area contributed by atoms with Crippen LogP contribution in [0.5, 0.6) is 0 Å². The highest BCUT2D eigenvalue weighted by Crippen LogP contribution is 2.24. The summed E-state index contributed by atoms with van der Waals surface area (Å²) in [5.74, 6) is -0.303. The van der Waals surface area contributed by atoms with E-state index in [9.17, 15) is 29.8 Å². The van der Waals surface area contributed by atoms with Crippen LogP contribution >= 0.6 is 34.8 Å². The minimum atomic E-state index is -0.482. The lowest BCUT2D eigenvalue weighted by atomic mass is 10.0. The SMILES string of the molecule is Cc1ccc([N+](=O)[O-])cc1N.Cc1ccc([N+](=O)[O-])cc1NC(=O)c1ccc(-c2ccccc2)cc1.ClCCl.O=C(Cl)c1ccc(-c2ccccc2)cc1. The maximum atomic E-state index is 12.4. The molecule has 1 amide bonds. The Kier molecular flexibility index (Phi) is 16.8. The summed E-state index contributed by atoms with van der Waals surface area (Å²) in [4.78, 5) is 43.4. The van der Waals surface area contributed by atoms with Gasteiger partial charge in [-0.2, -0.15) is 0 Å². The Morgan fingerprint density at radius 2 is 0.981 bits per heavy atom. The number of carbonyl (C=O) groups excluding carboxylic acids is 2. The van der Waals surface area contributed by atoms with Crippen molar-refractivity contribution >= 4 is 68.7 Å². The van der Waals surface area contributed by atoms with Crippen molar-refractivity contribution < 1.29 is 19.4 Å². The van der Waals surface area contributed by atoms with E-state index in [0.717, 1.165) is 33.4 Å². The van der Waals surface area contributed by atoms with E-state index >= 15 is 0 Å². The van der Waals surface area contributed by atoms with Gasteiger partial charge in [0, 0.05) is 41.1 Å².